The van der Waals surface area contributed by atoms with Crippen molar-refractivity contribution >= 4 is 21.8 Å². The molecule has 3 rings (SSSR count). The second-order valence-corrected chi connectivity index (χ2v) is 10.2. The van der Waals surface area contributed by atoms with E-state index < -0.39 is 10.0 Å². The Bertz CT molecular complexity index is 1050. The van der Waals surface area contributed by atoms with E-state index in [9.17, 15) is 18.0 Å². The molecule has 1 fully saturated rings. The lowest BCUT2D eigenvalue weighted by molar-refractivity contribution is -0.132. The van der Waals surface area contributed by atoms with Gasteiger partial charge in [0.05, 0.1) is 11.2 Å². The standard InChI is InChI=1S/C24H33N3O5S/c1-4-27(5-2)33(30,31)21-9-6-19(7-10-21)8-11-22(28)26-15-12-20(13-16-26)25-24(29)23-18(3)14-17-32-23/h6-7,9-10,14,17,20H,4-5,8,11-13,15-16H2,1-3H3,(H,25,29). The fraction of sp³-hybridized carbons (Fsp3) is 0.500. The van der Waals surface area contributed by atoms with Crippen molar-refractivity contribution in [3.05, 3.63) is 53.5 Å². The summed E-state index contributed by atoms with van der Waals surface area (Å²) < 4.78 is 31.8. The molecule has 0 atom stereocenters. The van der Waals surface area contributed by atoms with E-state index in [1.807, 2.05) is 25.7 Å². The van der Waals surface area contributed by atoms with Crippen molar-refractivity contribution in [1.29, 1.82) is 0 Å². The maximum atomic E-state index is 12.6. The zero-order chi connectivity index (χ0) is 24.0. The number of nitrogens with one attached hydrogen (secondary N) is 1. The van der Waals surface area contributed by atoms with Gasteiger partial charge >= 0.3 is 0 Å². The Morgan fingerprint density at radius 1 is 1.09 bits per heavy atom. The number of carbonyl (C=O) groups excluding carboxylic acids is 2. The van der Waals surface area contributed by atoms with Gasteiger partial charge in [0.1, 0.15) is 0 Å². The van der Waals surface area contributed by atoms with Gasteiger partial charge in [0.15, 0.2) is 5.76 Å². The van der Waals surface area contributed by atoms with Crippen molar-refractivity contribution in [1.82, 2.24) is 14.5 Å². The van der Waals surface area contributed by atoms with Crippen LogP contribution in [0.15, 0.2) is 45.9 Å². The quantitative estimate of drug-likeness (QED) is 0.601. The predicted octanol–water partition coefficient (Wildman–Crippen LogP) is 2.97. The van der Waals surface area contributed by atoms with Crippen molar-refractivity contribution in [2.75, 3.05) is 26.2 Å². The Morgan fingerprint density at radius 3 is 2.27 bits per heavy atom. The Kier molecular flexibility index (Phi) is 8.31. The zero-order valence-electron chi connectivity index (χ0n) is 19.5. The van der Waals surface area contributed by atoms with E-state index in [1.165, 1.54) is 10.6 Å². The SMILES string of the molecule is CCN(CC)S(=O)(=O)c1ccc(CCC(=O)N2CCC(NC(=O)c3occc3C)CC2)cc1. The van der Waals surface area contributed by atoms with E-state index in [0.29, 0.717) is 57.6 Å². The van der Waals surface area contributed by atoms with Crippen LogP contribution in [0.25, 0.3) is 0 Å². The number of nitrogens with zero attached hydrogens (tertiary/aromatic N) is 2. The van der Waals surface area contributed by atoms with Gasteiger partial charge in [-0.2, -0.15) is 4.31 Å². The van der Waals surface area contributed by atoms with E-state index in [4.69, 9.17) is 4.42 Å². The van der Waals surface area contributed by atoms with Crippen LogP contribution in [0.1, 0.15) is 54.8 Å². The number of hydrogen-bond acceptors (Lipinski definition) is 5. The molecule has 0 saturated carbocycles. The molecule has 1 aromatic heterocycles. The van der Waals surface area contributed by atoms with Crippen LogP contribution in [-0.4, -0.2) is 61.7 Å². The Hall–Kier alpha value is -2.65. The normalized spacial score (nSPS) is 15.1. The van der Waals surface area contributed by atoms with Crippen molar-refractivity contribution in [3.8, 4) is 0 Å². The summed E-state index contributed by atoms with van der Waals surface area (Å²) in [6.45, 7) is 7.52. The van der Waals surface area contributed by atoms with Gasteiger partial charge in [0.2, 0.25) is 15.9 Å². The first-order valence-corrected chi connectivity index (χ1v) is 12.9. The number of sulfonamides is 1. The summed E-state index contributed by atoms with van der Waals surface area (Å²) >= 11 is 0. The Morgan fingerprint density at radius 2 is 1.73 bits per heavy atom. The highest BCUT2D eigenvalue weighted by atomic mass is 32.2. The highest BCUT2D eigenvalue weighted by Gasteiger charge is 2.25. The van der Waals surface area contributed by atoms with Gasteiger partial charge in [-0.25, -0.2) is 8.42 Å². The molecule has 1 N–H and O–H groups in total. The molecular formula is C24H33N3O5S. The molecule has 1 aliphatic heterocycles. The van der Waals surface area contributed by atoms with Gasteiger partial charge in [-0.15, -0.1) is 0 Å². The highest BCUT2D eigenvalue weighted by molar-refractivity contribution is 7.89. The molecule has 8 nitrogen and oxygen atoms in total. The Balaban J connectivity index is 1.46. The fourth-order valence-corrected chi connectivity index (χ4v) is 5.54. The van der Waals surface area contributed by atoms with Crippen LogP contribution in [0, 0.1) is 6.92 Å². The second kappa shape index (κ2) is 11.0. The highest BCUT2D eigenvalue weighted by Crippen LogP contribution is 2.18. The monoisotopic (exact) mass is 475 g/mol. The summed E-state index contributed by atoms with van der Waals surface area (Å²) in [5.41, 5.74) is 1.73. The van der Waals surface area contributed by atoms with E-state index >= 15 is 0 Å². The molecule has 2 heterocycles. The summed E-state index contributed by atoms with van der Waals surface area (Å²) in [4.78, 5) is 27.1. The topological polar surface area (TPSA) is 99.9 Å². The molecule has 0 spiro atoms. The maximum absolute atomic E-state index is 12.6. The van der Waals surface area contributed by atoms with E-state index in [2.05, 4.69) is 5.32 Å². The summed E-state index contributed by atoms with van der Waals surface area (Å²) in [5, 5.41) is 2.99. The number of amides is 2. The van der Waals surface area contributed by atoms with Crippen LogP contribution in [-0.2, 0) is 21.2 Å². The Labute approximate surface area is 196 Å². The first kappa shape index (κ1) is 25.0. The molecule has 2 amide bonds. The van der Waals surface area contributed by atoms with Crippen molar-refractivity contribution in [2.24, 2.45) is 0 Å². The van der Waals surface area contributed by atoms with E-state index in [0.717, 1.165) is 11.1 Å². The van der Waals surface area contributed by atoms with Crippen molar-refractivity contribution < 1.29 is 22.4 Å². The van der Waals surface area contributed by atoms with Crippen LogP contribution >= 0.6 is 0 Å². The van der Waals surface area contributed by atoms with Crippen LogP contribution in [0.3, 0.4) is 0 Å². The molecular weight excluding hydrogens is 442 g/mol. The minimum absolute atomic E-state index is 0.0198. The molecule has 1 aliphatic rings. The summed E-state index contributed by atoms with van der Waals surface area (Å²) in [7, 11) is -3.47. The van der Waals surface area contributed by atoms with E-state index in [-0.39, 0.29) is 22.8 Å². The molecule has 0 unspecified atom stereocenters. The fourth-order valence-electron chi connectivity index (χ4n) is 4.08. The number of hydrogen-bond donors (Lipinski definition) is 1. The second-order valence-electron chi connectivity index (χ2n) is 8.29. The lowest BCUT2D eigenvalue weighted by Crippen LogP contribution is -2.46. The molecule has 33 heavy (non-hydrogen) atoms. The van der Waals surface area contributed by atoms with Crippen LogP contribution in [0.5, 0.6) is 0 Å². The summed E-state index contributed by atoms with van der Waals surface area (Å²) in [5.74, 6) is 0.194. The minimum Gasteiger partial charge on any atom is -0.459 e. The predicted molar refractivity (Wildman–Crippen MR) is 125 cm³/mol. The lowest BCUT2D eigenvalue weighted by atomic mass is 10.0. The average Bonchev–Trinajstić information content (AvgIpc) is 3.25. The number of furan rings is 1. The van der Waals surface area contributed by atoms with Gasteiger partial charge in [0.25, 0.3) is 5.91 Å². The molecule has 0 radical (unpaired) electrons. The van der Waals surface area contributed by atoms with Gasteiger partial charge < -0.3 is 14.6 Å². The van der Waals surface area contributed by atoms with Crippen LogP contribution in [0.4, 0.5) is 0 Å². The largest absolute Gasteiger partial charge is 0.459 e. The number of rotatable bonds is 9. The molecule has 2 aromatic rings. The van der Waals surface area contributed by atoms with E-state index in [1.54, 1.807) is 30.3 Å². The maximum Gasteiger partial charge on any atom is 0.287 e. The van der Waals surface area contributed by atoms with Crippen LogP contribution < -0.4 is 5.32 Å². The molecule has 0 aliphatic carbocycles. The molecule has 0 bridgehead atoms. The van der Waals surface area contributed by atoms with Gasteiger partial charge in [-0.05, 0) is 49.9 Å². The third-order valence-electron chi connectivity index (χ3n) is 6.15. The minimum atomic E-state index is -3.47. The molecule has 1 saturated heterocycles. The van der Waals surface area contributed by atoms with Crippen molar-refractivity contribution in [2.45, 2.75) is 57.4 Å². The first-order chi connectivity index (χ1) is 15.8. The van der Waals surface area contributed by atoms with Gasteiger partial charge in [-0.1, -0.05) is 26.0 Å². The lowest BCUT2D eigenvalue weighted by Gasteiger charge is -2.32. The zero-order valence-corrected chi connectivity index (χ0v) is 20.4. The summed E-state index contributed by atoms with van der Waals surface area (Å²) in [6, 6.07) is 8.56. The number of aryl methyl sites for hydroxylation is 2. The molecule has 1 aromatic carbocycles. The number of likely N-dealkylation sites (tertiary alicyclic amines) is 1. The third kappa shape index (κ3) is 6.03. The third-order valence-corrected chi connectivity index (χ3v) is 8.21. The van der Waals surface area contributed by atoms with Gasteiger partial charge in [-0.3, -0.25) is 9.59 Å². The number of benzene rings is 1. The number of carbonyl (C=O) groups is 2. The molecule has 180 valence electrons. The average molecular weight is 476 g/mol. The van der Waals surface area contributed by atoms with Gasteiger partial charge in [0, 0.05) is 44.2 Å². The smallest absolute Gasteiger partial charge is 0.287 e. The summed E-state index contributed by atoms with van der Waals surface area (Å²) in [6.07, 6.45) is 3.83. The van der Waals surface area contributed by atoms with Crippen molar-refractivity contribution in [3.63, 3.8) is 0 Å². The van der Waals surface area contributed by atoms with Crippen LogP contribution in [0.2, 0.25) is 0 Å². The first-order valence-electron chi connectivity index (χ1n) is 11.5. The number of piperidine rings is 1. The molecule has 9 heteroatoms.